The molecule has 0 aromatic heterocycles. The maximum atomic E-state index is 5.22. The third-order valence-electron chi connectivity index (χ3n) is 0.992. The van der Waals surface area contributed by atoms with E-state index >= 15 is 0 Å². The average Bonchev–Trinajstić information content (AvgIpc) is 1.90. The molecule has 0 spiro atoms. The van der Waals surface area contributed by atoms with Crippen LogP contribution in [0.1, 0.15) is 5.56 Å². The Labute approximate surface area is 66.1 Å². The van der Waals surface area contributed by atoms with Crippen LogP contribution in [-0.2, 0) is 17.1 Å². The third-order valence-corrected chi connectivity index (χ3v) is 0.992. The summed E-state index contributed by atoms with van der Waals surface area (Å²) in [5.41, 5.74) is 1.06. The van der Waals surface area contributed by atoms with Crippen LogP contribution in [0.4, 0.5) is 0 Å². The second-order valence-electron chi connectivity index (χ2n) is 1.58. The fourth-order valence-electron chi connectivity index (χ4n) is 0.564. The van der Waals surface area contributed by atoms with E-state index in [1.165, 1.54) is 0 Å². The maximum Gasteiger partial charge on any atom is 1.00 e. The van der Waals surface area contributed by atoms with Crippen molar-refractivity contribution in [2.75, 3.05) is 0 Å². The van der Waals surface area contributed by atoms with Gasteiger partial charge >= 0.3 is 17.1 Å². The molecule has 9 heavy (non-hydrogen) atoms. The molecule has 50 valence electrons. The Kier molecular flexibility index (Phi) is 4.11. The van der Waals surface area contributed by atoms with Gasteiger partial charge in [-0.1, -0.05) is 18.2 Å². The molecule has 1 heteroatoms. The van der Waals surface area contributed by atoms with Gasteiger partial charge in [-0.15, -0.1) is 12.1 Å². The van der Waals surface area contributed by atoms with Crippen molar-refractivity contribution in [1.82, 2.24) is 0 Å². The summed E-state index contributed by atoms with van der Waals surface area (Å²) in [7, 11) is 0. The summed E-state index contributed by atoms with van der Waals surface area (Å²) in [5, 5.41) is 0. The first-order chi connectivity index (χ1) is 3.93. The van der Waals surface area contributed by atoms with Crippen molar-refractivity contribution >= 4 is 6.08 Å². The van der Waals surface area contributed by atoms with Crippen LogP contribution < -0.4 is 0 Å². The van der Waals surface area contributed by atoms with Crippen molar-refractivity contribution in [3.8, 4) is 0 Å². The summed E-state index contributed by atoms with van der Waals surface area (Å²) in [4.78, 5) is 0. The first kappa shape index (κ1) is 8.48. The predicted octanol–water partition coefficient (Wildman–Crippen LogP) is 2.13. The molecule has 0 fully saturated rings. The number of hydrogen-bond acceptors (Lipinski definition) is 0. The van der Waals surface area contributed by atoms with Crippen molar-refractivity contribution in [3.63, 3.8) is 0 Å². The van der Waals surface area contributed by atoms with Crippen molar-refractivity contribution in [2.24, 2.45) is 0 Å². The van der Waals surface area contributed by atoms with Gasteiger partial charge in [0.25, 0.3) is 0 Å². The van der Waals surface area contributed by atoms with Gasteiger partial charge in [-0.25, -0.2) is 6.08 Å². The standard InChI is InChI=1S/C8H7.Cu/c1-2-8-6-4-3-5-7-8;/h1-7H;/q-1;+1. The Morgan fingerprint density at radius 1 is 1.11 bits per heavy atom. The Morgan fingerprint density at radius 3 is 2.00 bits per heavy atom. The minimum absolute atomic E-state index is 0. The summed E-state index contributed by atoms with van der Waals surface area (Å²) < 4.78 is 0. The molecule has 0 saturated carbocycles. The second-order valence-corrected chi connectivity index (χ2v) is 1.58. The topological polar surface area (TPSA) is 0 Å². The Hall–Kier alpha value is -0.521. The minimum atomic E-state index is 0. The van der Waals surface area contributed by atoms with Gasteiger partial charge in [0.05, 0.1) is 0 Å². The molecule has 0 aliphatic heterocycles. The molecule has 0 bridgehead atoms. The predicted molar refractivity (Wildman–Crippen MR) is 35.2 cm³/mol. The summed E-state index contributed by atoms with van der Waals surface area (Å²) in [5.74, 6) is 0. The van der Waals surface area contributed by atoms with Crippen LogP contribution in [0.2, 0.25) is 0 Å². The van der Waals surface area contributed by atoms with E-state index < -0.39 is 0 Å². The van der Waals surface area contributed by atoms with E-state index in [-0.39, 0.29) is 17.1 Å². The fraction of sp³-hybridized carbons (Fsp3) is 0. The van der Waals surface area contributed by atoms with E-state index in [2.05, 4.69) is 0 Å². The smallest absolute Gasteiger partial charge is 0.292 e. The zero-order valence-electron chi connectivity index (χ0n) is 4.84. The van der Waals surface area contributed by atoms with Crippen molar-refractivity contribution in [1.29, 1.82) is 0 Å². The molecule has 0 amide bonds. The third kappa shape index (κ3) is 2.50. The summed E-state index contributed by atoms with van der Waals surface area (Å²) in [6, 6.07) is 9.80. The Balaban J connectivity index is 0.000000640. The van der Waals surface area contributed by atoms with Crippen molar-refractivity contribution < 1.29 is 17.1 Å². The molecule has 0 heterocycles. The van der Waals surface area contributed by atoms with Gasteiger partial charge in [0.2, 0.25) is 0 Å². The van der Waals surface area contributed by atoms with E-state index in [0.717, 1.165) is 5.56 Å². The van der Waals surface area contributed by atoms with E-state index in [1.54, 1.807) is 6.08 Å². The molecule has 0 aliphatic rings. The first-order valence-electron chi connectivity index (χ1n) is 2.53. The van der Waals surface area contributed by atoms with E-state index in [4.69, 9.17) is 6.58 Å². The van der Waals surface area contributed by atoms with Crippen LogP contribution in [0.3, 0.4) is 0 Å². The molecule has 1 aromatic rings. The Bertz CT molecular complexity index is 167. The number of hydrogen-bond donors (Lipinski definition) is 0. The monoisotopic (exact) mass is 166 g/mol. The fourth-order valence-corrected chi connectivity index (χ4v) is 0.564. The van der Waals surface area contributed by atoms with E-state index in [1.807, 2.05) is 30.3 Å². The quantitative estimate of drug-likeness (QED) is 0.443. The summed E-state index contributed by atoms with van der Waals surface area (Å²) in [6.45, 7) is 5.22. The molecule has 0 N–H and O–H groups in total. The van der Waals surface area contributed by atoms with Gasteiger partial charge in [-0.05, 0) is 0 Å². The maximum absolute atomic E-state index is 5.22. The van der Waals surface area contributed by atoms with E-state index in [9.17, 15) is 0 Å². The van der Waals surface area contributed by atoms with Crippen LogP contribution in [-0.4, -0.2) is 0 Å². The normalized spacial score (nSPS) is 7.56. The SMILES string of the molecule is [CH-]=Cc1ccccc1.[Cu+]. The molecule has 0 aliphatic carbocycles. The molecular weight excluding hydrogens is 160 g/mol. The Morgan fingerprint density at radius 2 is 1.67 bits per heavy atom. The van der Waals surface area contributed by atoms with Gasteiger partial charge in [-0.2, -0.15) is 5.56 Å². The van der Waals surface area contributed by atoms with Crippen LogP contribution in [0.5, 0.6) is 0 Å². The van der Waals surface area contributed by atoms with E-state index in [0.29, 0.717) is 0 Å². The minimum Gasteiger partial charge on any atom is -0.292 e. The summed E-state index contributed by atoms with van der Waals surface area (Å²) in [6.07, 6.45) is 1.58. The number of benzene rings is 1. The number of rotatable bonds is 1. The average molecular weight is 167 g/mol. The van der Waals surface area contributed by atoms with Crippen LogP contribution in [0.15, 0.2) is 30.3 Å². The zero-order valence-corrected chi connectivity index (χ0v) is 5.78. The molecular formula is C8H7Cu. The molecule has 0 saturated heterocycles. The molecule has 1 aromatic carbocycles. The molecule has 1 rings (SSSR count). The van der Waals surface area contributed by atoms with Gasteiger partial charge in [0.1, 0.15) is 0 Å². The van der Waals surface area contributed by atoms with Crippen LogP contribution >= 0.6 is 0 Å². The second kappa shape index (κ2) is 4.37. The summed E-state index contributed by atoms with van der Waals surface area (Å²) >= 11 is 0. The first-order valence-corrected chi connectivity index (χ1v) is 2.53. The van der Waals surface area contributed by atoms with Gasteiger partial charge in [0, 0.05) is 0 Å². The van der Waals surface area contributed by atoms with Crippen LogP contribution in [0, 0.1) is 6.58 Å². The molecule has 0 atom stereocenters. The van der Waals surface area contributed by atoms with Gasteiger partial charge in [-0.3, -0.25) is 6.58 Å². The van der Waals surface area contributed by atoms with Crippen LogP contribution in [0.25, 0.3) is 6.08 Å². The van der Waals surface area contributed by atoms with Crippen molar-refractivity contribution in [3.05, 3.63) is 42.5 Å². The van der Waals surface area contributed by atoms with Gasteiger partial charge in [0.15, 0.2) is 0 Å². The van der Waals surface area contributed by atoms with Crippen molar-refractivity contribution in [2.45, 2.75) is 0 Å². The van der Waals surface area contributed by atoms with Gasteiger partial charge < -0.3 is 0 Å². The molecule has 0 nitrogen and oxygen atoms in total. The molecule has 0 radical (unpaired) electrons. The largest absolute Gasteiger partial charge is 1.00 e. The molecule has 0 unspecified atom stereocenters. The zero-order chi connectivity index (χ0) is 5.82.